The van der Waals surface area contributed by atoms with Crippen LogP contribution in [0.2, 0.25) is 0 Å². The SMILES string of the molecule is CCCN1CC(Nc2nc(-c3cccnc3)nc3c2CNC3)CC1=O. The fourth-order valence-electron chi connectivity index (χ4n) is 3.46. The summed E-state index contributed by atoms with van der Waals surface area (Å²) in [6.45, 7) is 5.15. The van der Waals surface area contributed by atoms with Gasteiger partial charge in [0.05, 0.1) is 11.7 Å². The van der Waals surface area contributed by atoms with Gasteiger partial charge in [0, 0.05) is 56.1 Å². The van der Waals surface area contributed by atoms with Gasteiger partial charge in [0.15, 0.2) is 5.82 Å². The third-order valence-electron chi connectivity index (χ3n) is 4.66. The molecular formula is C18H22N6O. The number of rotatable bonds is 5. The lowest BCUT2D eigenvalue weighted by Gasteiger charge is -2.18. The lowest BCUT2D eigenvalue weighted by atomic mass is 10.2. The van der Waals surface area contributed by atoms with E-state index in [2.05, 4.69) is 27.5 Å². The highest BCUT2D eigenvalue weighted by molar-refractivity contribution is 5.80. The molecule has 0 radical (unpaired) electrons. The Kier molecular flexibility index (Phi) is 4.31. The Labute approximate surface area is 146 Å². The summed E-state index contributed by atoms with van der Waals surface area (Å²) in [6.07, 6.45) is 5.02. The van der Waals surface area contributed by atoms with Crippen LogP contribution < -0.4 is 10.6 Å². The van der Waals surface area contributed by atoms with Crippen LogP contribution in [-0.4, -0.2) is 44.9 Å². The first kappa shape index (κ1) is 16.0. The number of nitrogens with zero attached hydrogens (tertiary/aromatic N) is 4. The topological polar surface area (TPSA) is 83.0 Å². The number of aromatic nitrogens is 3. The normalized spacial score (nSPS) is 19.3. The Morgan fingerprint density at radius 3 is 3.08 bits per heavy atom. The largest absolute Gasteiger partial charge is 0.365 e. The molecule has 4 rings (SSSR count). The maximum absolute atomic E-state index is 12.1. The van der Waals surface area contributed by atoms with Crippen LogP contribution in [0.1, 0.15) is 31.0 Å². The summed E-state index contributed by atoms with van der Waals surface area (Å²) >= 11 is 0. The average molecular weight is 338 g/mol. The highest BCUT2D eigenvalue weighted by Crippen LogP contribution is 2.27. The van der Waals surface area contributed by atoms with Crippen molar-refractivity contribution < 1.29 is 4.79 Å². The monoisotopic (exact) mass is 338 g/mol. The number of carbonyl (C=O) groups excluding carboxylic acids is 1. The van der Waals surface area contributed by atoms with Crippen LogP contribution in [0.5, 0.6) is 0 Å². The Hall–Kier alpha value is -2.54. The summed E-state index contributed by atoms with van der Waals surface area (Å²) in [5, 5.41) is 6.83. The molecule has 7 nitrogen and oxygen atoms in total. The molecular weight excluding hydrogens is 316 g/mol. The van der Waals surface area contributed by atoms with Crippen LogP contribution in [0.4, 0.5) is 5.82 Å². The number of anilines is 1. The van der Waals surface area contributed by atoms with Crippen molar-refractivity contribution in [2.75, 3.05) is 18.4 Å². The fourth-order valence-corrected chi connectivity index (χ4v) is 3.46. The van der Waals surface area contributed by atoms with E-state index in [1.807, 2.05) is 17.0 Å². The van der Waals surface area contributed by atoms with Gasteiger partial charge in [-0.2, -0.15) is 0 Å². The van der Waals surface area contributed by atoms with Gasteiger partial charge in [-0.25, -0.2) is 9.97 Å². The van der Waals surface area contributed by atoms with Crippen LogP contribution in [0.25, 0.3) is 11.4 Å². The van der Waals surface area contributed by atoms with E-state index in [0.717, 1.165) is 55.2 Å². The zero-order valence-corrected chi connectivity index (χ0v) is 14.3. The number of hydrogen-bond acceptors (Lipinski definition) is 6. The van der Waals surface area contributed by atoms with Crippen LogP contribution in [-0.2, 0) is 17.9 Å². The van der Waals surface area contributed by atoms with E-state index in [1.54, 1.807) is 12.4 Å². The minimum absolute atomic E-state index is 0.0976. The van der Waals surface area contributed by atoms with Gasteiger partial charge in [-0.1, -0.05) is 6.92 Å². The highest BCUT2D eigenvalue weighted by Gasteiger charge is 2.30. The molecule has 1 unspecified atom stereocenters. The molecule has 2 aliphatic rings. The Morgan fingerprint density at radius 2 is 2.28 bits per heavy atom. The second-order valence-electron chi connectivity index (χ2n) is 6.55. The zero-order chi connectivity index (χ0) is 17.2. The number of hydrogen-bond donors (Lipinski definition) is 2. The number of nitrogens with one attached hydrogen (secondary N) is 2. The Balaban J connectivity index is 1.61. The Bertz CT molecular complexity index is 779. The van der Waals surface area contributed by atoms with E-state index in [0.29, 0.717) is 12.2 Å². The standard InChI is InChI=1S/C18H22N6O/c1-2-6-24-11-13(7-16(24)25)21-18-14-9-20-10-15(14)22-17(23-18)12-4-3-5-19-8-12/h3-5,8,13,20H,2,6-7,9-11H2,1H3,(H,21,22,23). The first-order chi connectivity index (χ1) is 12.2. The molecule has 1 amide bonds. The molecule has 1 saturated heterocycles. The van der Waals surface area contributed by atoms with Gasteiger partial charge >= 0.3 is 0 Å². The van der Waals surface area contributed by atoms with Gasteiger partial charge in [-0.15, -0.1) is 0 Å². The zero-order valence-electron chi connectivity index (χ0n) is 14.3. The Morgan fingerprint density at radius 1 is 1.36 bits per heavy atom. The van der Waals surface area contributed by atoms with Crippen molar-refractivity contribution in [3.63, 3.8) is 0 Å². The second kappa shape index (κ2) is 6.76. The lowest BCUT2D eigenvalue weighted by molar-refractivity contribution is -0.127. The molecule has 4 heterocycles. The number of amides is 1. The molecule has 0 bridgehead atoms. The summed E-state index contributed by atoms with van der Waals surface area (Å²) in [5.74, 6) is 1.73. The van der Waals surface area contributed by atoms with E-state index >= 15 is 0 Å². The summed E-state index contributed by atoms with van der Waals surface area (Å²) in [6, 6.07) is 3.94. The maximum atomic E-state index is 12.1. The van der Waals surface area contributed by atoms with Crippen molar-refractivity contribution >= 4 is 11.7 Å². The summed E-state index contributed by atoms with van der Waals surface area (Å²) in [5.41, 5.74) is 3.02. The fraction of sp³-hybridized carbons (Fsp3) is 0.444. The van der Waals surface area contributed by atoms with Gasteiger partial charge < -0.3 is 15.5 Å². The van der Waals surface area contributed by atoms with E-state index < -0.39 is 0 Å². The minimum Gasteiger partial charge on any atom is -0.365 e. The van der Waals surface area contributed by atoms with E-state index in [-0.39, 0.29) is 11.9 Å². The third kappa shape index (κ3) is 3.19. The van der Waals surface area contributed by atoms with Crippen molar-refractivity contribution in [2.45, 2.75) is 38.9 Å². The highest BCUT2D eigenvalue weighted by atomic mass is 16.2. The van der Waals surface area contributed by atoms with E-state index in [1.165, 1.54) is 0 Å². The summed E-state index contributed by atoms with van der Waals surface area (Å²) < 4.78 is 0. The molecule has 0 aliphatic carbocycles. The quantitative estimate of drug-likeness (QED) is 0.861. The minimum atomic E-state index is 0.0976. The smallest absolute Gasteiger partial charge is 0.224 e. The molecule has 2 aromatic heterocycles. The molecule has 1 fully saturated rings. The lowest BCUT2D eigenvalue weighted by Crippen LogP contribution is -2.29. The van der Waals surface area contributed by atoms with Crippen molar-refractivity contribution in [2.24, 2.45) is 0 Å². The molecule has 2 aliphatic heterocycles. The van der Waals surface area contributed by atoms with Gasteiger partial charge in [-0.3, -0.25) is 9.78 Å². The molecule has 2 aromatic rings. The van der Waals surface area contributed by atoms with Crippen molar-refractivity contribution in [3.8, 4) is 11.4 Å². The summed E-state index contributed by atoms with van der Waals surface area (Å²) in [4.78, 5) is 27.6. The van der Waals surface area contributed by atoms with E-state index in [9.17, 15) is 4.79 Å². The number of pyridine rings is 1. The van der Waals surface area contributed by atoms with Crippen LogP contribution in [0.3, 0.4) is 0 Å². The van der Waals surface area contributed by atoms with Gasteiger partial charge in [0.25, 0.3) is 0 Å². The van der Waals surface area contributed by atoms with Crippen LogP contribution >= 0.6 is 0 Å². The molecule has 25 heavy (non-hydrogen) atoms. The number of fused-ring (bicyclic) bond motifs is 1. The molecule has 2 N–H and O–H groups in total. The number of carbonyl (C=O) groups is 1. The maximum Gasteiger partial charge on any atom is 0.224 e. The van der Waals surface area contributed by atoms with Gasteiger partial charge in [-0.05, 0) is 18.6 Å². The predicted octanol–water partition coefficient (Wildman–Crippen LogP) is 1.56. The van der Waals surface area contributed by atoms with Crippen LogP contribution in [0, 0.1) is 0 Å². The first-order valence-electron chi connectivity index (χ1n) is 8.80. The second-order valence-corrected chi connectivity index (χ2v) is 6.55. The van der Waals surface area contributed by atoms with Gasteiger partial charge in [0.2, 0.25) is 5.91 Å². The molecule has 0 aromatic carbocycles. The van der Waals surface area contributed by atoms with Crippen molar-refractivity contribution in [3.05, 3.63) is 35.8 Å². The van der Waals surface area contributed by atoms with Crippen molar-refractivity contribution in [1.29, 1.82) is 0 Å². The molecule has 0 spiro atoms. The summed E-state index contributed by atoms with van der Waals surface area (Å²) in [7, 11) is 0. The molecule has 7 heteroatoms. The predicted molar refractivity (Wildman–Crippen MR) is 94.7 cm³/mol. The van der Waals surface area contributed by atoms with Gasteiger partial charge in [0.1, 0.15) is 5.82 Å². The molecule has 130 valence electrons. The molecule has 0 saturated carbocycles. The average Bonchev–Trinajstić information content (AvgIpc) is 3.23. The van der Waals surface area contributed by atoms with Crippen molar-refractivity contribution in [1.82, 2.24) is 25.2 Å². The van der Waals surface area contributed by atoms with E-state index in [4.69, 9.17) is 4.98 Å². The first-order valence-corrected chi connectivity index (χ1v) is 8.80. The van der Waals surface area contributed by atoms with Crippen LogP contribution in [0.15, 0.2) is 24.5 Å². The number of likely N-dealkylation sites (tertiary alicyclic amines) is 1. The third-order valence-corrected chi connectivity index (χ3v) is 4.66. The molecule has 1 atom stereocenters.